The molecule has 0 saturated carbocycles. The van der Waals surface area contributed by atoms with E-state index in [9.17, 15) is 0 Å². The molecule has 0 aliphatic heterocycles. The topological polar surface area (TPSA) is 15.3 Å². The molecular formula is C14H28N2. The Morgan fingerprint density at radius 2 is 1.94 bits per heavy atom. The third-order valence-electron chi connectivity index (χ3n) is 2.71. The number of terminal acetylenes is 1. The summed E-state index contributed by atoms with van der Waals surface area (Å²) in [6.45, 7) is 13.8. The first-order valence-electron chi connectivity index (χ1n) is 6.37. The Morgan fingerprint density at radius 3 is 2.31 bits per heavy atom. The monoisotopic (exact) mass is 224 g/mol. The van der Waals surface area contributed by atoms with Crippen molar-refractivity contribution in [1.29, 1.82) is 0 Å². The van der Waals surface area contributed by atoms with E-state index in [1.807, 2.05) is 0 Å². The van der Waals surface area contributed by atoms with Crippen LogP contribution in [0.5, 0.6) is 0 Å². The molecule has 0 fully saturated rings. The molecule has 0 spiro atoms. The predicted molar refractivity (Wildman–Crippen MR) is 72.5 cm³/mol. The van der Waals surface area contributed by atoms with E-state index in [0.29, 0.717) is 6.04 Å². The molecule has 0 radical (unpaired) electrons. The van der Waals surface area contributed by atoms with E-state index in [1.165, 1.54) is 12.8 Å². The maximum absolute atomic E-state index is 5.41. The molecule has 0 saturated heterocycles. The highest BCUT2D eigenvalue weighted by molar-refractivity contribution is 4.91. The van der Waals surface area contributed by atoms with Gasteiger partial charge in [0.05, 0.1) is 6.54 Å². The van der Waals surface area contributed by atoms with Crippen LogP contribution >= 0.6 is 0 Å². The van der Waals surface area contributed by atoms with Gasteiger partial charge in [0.2, 0.25) is 0 Å². The molecule has 16 heavy (non-hydrogen) atoms. The van der Waals surface area contributed by atoms with Crippen molar-refractivity contribution in [1.82, 2.24) is 10.2 Å². The second-order valence-electron chi connectivity index (χ2n) is 5.34. The summed E-state index contributed by atoms with van der Waals surface area (Å²) in [4.78, 5) is 2.38. The van der Waals surface area contributed by atoms with E-state index >= 15 is 0 Å². The zero-order valence-electron chi connectivity index (χ0n) is 11.6. The lowest BCUT2D eigenvalue weighted by molar-refractivity contribution is 0.201. The number of nitrogens with zero attached hydrogens (tertiary/aromatic N) is 1. The normalized spacial score (nSPS) is 13.8. The minimum atomic E-state index is 0.182. The molecule has 94 valence electrons. The molecule has 2 nitrogen and oxygen atoms in total. The van der Waals surface area contributed by atoms with Gasteiger partial charge >= 0.3 is 0 Å². The van der Waals surface area contributed by atoms with E-state index in [1.54, 1.807) is 0 Å². The van der Waals surface area contributed by atoms with Gasteiger partial charge in [0.15, 0.2) is 0 Å². The first-order chi connectivity index (χ1) is 7.44. The first kappa shape index (κ1) is 15.5. The fraction of sp³-hybridized carbons (Fsp3) is 0.857. The van der Waals surface area contributed by atoms with Gasteiger partial charge in [-0.25, -0.2) is 0 Å². The number of nitrogens with one attached hydrogen (secondary N) is 1. The summed E-state index contributed by atoms with van der Waals surface area (Å²) in [5.41, 5.74) is 0.182. The van der Waals surface area contributed by atoms with Crippen molar-refractivity contribution in [3.05, 3.63) is 0 Å². The fourth-order valence-corrected chi connectivity index (χ4v) is 1.79. The van der Waals surface area contributed by atoms with E-state index in [-0.39, 0.29) is 5.54 Å². The summed E-state index contributed by atoms with van der Waals surface area (Å²) < 4.78 is 0. The number of hydrogen-bond donors (Lipinski definition) is 1. The molecular weight excluding hydrogens is 196 g/mol. The summed E-state index contributed by atoms with van der Waals surface area (Å²) in [6.07, 6.45) is 7.82. The fourth-order valence-electron chi connectivity index (χ4n) is 1.79. The van der Waals surface area contributed by atoms with E-state index < -0.39 is 0 Å². The minimum absolute atomic E-state index is 0.182. The molecule has 0 bridgehead atoms. The van der Waals surface area contributed by atoms with Gasteiger partial charge in [-0.3, -0.25) is 4.90 Å². The van der Waals surface area contributed by atoms with E-state index in [2.05, 4.69) is 50.8 Å². The van der Waals surface area contributed by atoms with Crippen molar-refractivity contribution in [2.45, 2.75) is 59.0 Å². The lowest BCUT2D eigenvalue weighted by atomic mass is 10.1. The number of hydrogen-bond acceptors (Lipinski definition) is 2. The molecule has 0 amide bonds. The molecule has 0 heterocycles. The van der Waals surface area contributed by atoms with E-state index in [0.717, 1.165) is 19.6 Å². The van der Waals surface area contributed by atoms with Crippen molar-refractivity contribution >= 4 is 0 Å². The van der Waals surface area contributed by atoms with Gasteiger partial charge in [0.1, 0.15) is 0 Å². The molecule has 0 aromatic heterocycles. The summed E-state index contributed by atoms with van der Waals surface area (Å²) in [5, 5.41) is 3.57. The molecule has 0 aliphatic carbocycles. The highest BCUT2D eigenvalue weighted by Crippen LogP contribution is 2.08. The van der Waals surface area contributed by atoms with Gasteiger partial charge in [-0.2, -0.15) is 0 Å². The molecule has 0 aromatic carbocycles. The summed E-state index contributed by atoms with van der Waals surface area (Å²) in [6, 6.07) is 0.560. The average molecular weight is 224 g/mol. The molecule has 0 rings (SSSR count). The quantitative estimate of drug-likeness (QED) is 0.668. The summed E-state index contributed by atoms with van der Waals surface area (Å²) in [5.74, 6) is 2.75. The molecule has 1 N–H and O–H groups in total. The molecule has 0 aliphatic rings. The number of likely N-dealkylation sites (N-methyl/N-ethyl adjacent to an activating group) is 1. The van der Waals surface area contributed by atoms with Crippen LogP contribution in [0.15, 0.2) is 0 Å². The largest absolute Gasteiger partial charge is 0.311 e. The Kier molecular flexibility index (Phi) is 7.45. The third kappa shape index (κ3) is 6.87. The van der Waals surface area contributed by atoms with Crippen LogP contribution in [0.1, 0.15) is 47.5 Å². The van der Waals surface area contributed by atoms with Crippen molar-refractivity contribution in [3.63, 3.8) is 0 Å². The van der Waals surface area contributed by atoms with Crippen molar-refractivity contribution in [3.8, 4) is 12.3 Å². The molecule has 1 unspecified atom stereocenters. The summed E-state index contributed by atoms with van der Waals surface area (Å²) in [7, 11) is 0. The minimum Gasteiger partial charge on any atom is -0.311 e. The predicted octanol–water partition coefficient (Wildman–Crippen LogP) is 2.50. The van der Waals surface area contributed by atoms with Crippen LogP contribution in [0, 0.1) is 12.3 Å². The Bertz CT molecular complexity index is 210. The maximum atomic E-state index is 5.41. The smallest absolute Gasteiger partial charge is 0.0601 e. The lowest BCUT2D eigenvalue weighted by Gasteiger charge is -2.32. The first-order valence-corrected chi connectivity index (χ1v) is 6.37. The van der Waals surface area contributed by atoms with Crippen molar-refractivity contribution in [2.75, 3.05) is 19.6 Å². The molecule has 0 aromatic rings. The van der Waals surface area contributed by atoms with Crippen molar-refractivity contribution < 1.29 is 0 Å². The second kappa shape index (κ2) is 7.70. The second-order valence-corrected chi connectivity index (χ2v) is 5.34. The maximum Gasteiger partial charge on any atom is 0.0601 e. The van der Waals surface area contributed by atoms with Crippen LogP contribution in [0.25, 0.3) is 0 Å². The molecule has 1 atom stereocenters. The van der Waals surface area contributed by atoms with Gasteiger partial charge in [-0.1, -0.05) is 26.2 Å². The van der Waals surface area contributed by atoms with Gasteiger partial charge < -0.3 is 5.32 Å². The van der Waals surface area contributed by atoms with Crippen LogP contribution in [-0.4, -0.2) is 36.1 Å². The number of rotatable bonds is 7. The van der Waals surface area contributed by atoms with Crippen LogP contribution in [0.2, 0.25) is 0 Å². The van der Waals surface area contributed by atoms with Gasteiger partial charge in [-0.15, -0.1) is 6.42 Å². The lowest BCUT2D eigenvalue weighted by Crippen LogP contribution is -2.47. The SMILES string of the molecule is C#CCN(CC)C(CCC)CNC(C)(C)C. The van der Waals surface area contributed by atoms with Gasteiger partial charge in [0, 0.05) is 18.1 Å². The third-order valence-corrected chi connectivity index (χ3v) is 2.71. The summed E-state index contributed by atoms with van der Waals surface area (Å²) >= 11 is 0. The van der Waals surface area contributed by atoms with Crippen LogP contribution in [0.3, 0.4) is 0 Å². The van der Waals surface area contributed by atoms with Crippen molar-refractivity contribution in [2.24, 2.45) is 0 Å². The van der Waals surface area contributed by atoms with E-state index in [4.69, 9.17) is 6.42 Å². The Balaban J connectivity index is 4.29. The average Bonchev–Trinajstić information content (AvgIpc) is 2.20. The Morgan fingerprint density at radius 1 is 1.31 bits per heavy atom. The highest BCUT2D eigenvalue weighted by atomic mass is 15.2. The Hall–Kier alpha value is -0.520. The zero-order chi connectivity index (χ0) is 12.6. The Labute approximate surface area is 102 Å². The van der Waals surface area contributed by atoms with Crippen LogP contribution in [0.4, 0.5) is 0 Å². The van der Waals surface area contributed by atoms with Gasteiger partial charge in [0.25, 0.3) is 0 Å². The van der Waals surface area contributed by atoms with Gasteiger partial charge in [-0.05, 0) is 33.7 Å². The zero-order valence-corrected chi connectivity index (χ0v) is 11.6. The molecule has 2 heteroatoms. The standard InChI is InChI=1S/C14H28N2/c1-7-10-13(12-15-14(4,5)6)16(9-3)11-8-2/h2,13,15H,7,9-12H2,1,3-6H3. The highest BCUT2D eigenvalue weighted by Gasteiger charge is 2.18. The van der Waals surface area contributed by atoms with Crippen LogP contribution < -0.4 is 5.32 Å². The van der Waals surface area contributed by atoms with Crippen LogP contribution in [-0.2, 0) is 0 Å².